The highest BCUT2D eigenvalue weighted by Crippen LogP contribution is 2.30. The molecule has 7 heteroatoms. The molecule has 1 aromatic heterocycles. The van der Waals surface area contributed by atoms with E-state index in [0.717, 1.165) is 23.4 Å². The Kier molecular flexibility index (Phi) is 4.92. The molecule has 1 atom stereocenters. The van der Waals surface area contributed by atoms with Crippen molar-refractivity contribution in [1.29, 1.82) is 0 Å². The average molecular weight is 382 g/mol. The molecule has 138 valence electrons. The van der Waals surface area contributed by atoms with Crippen molar-refractivity contribution < 1.29 is 4.79 Å². The number of carbonyl (C=O) groups is 1. The molecule has 1 N–H and O–H groups in total. The van der Waals surface area contributed by atoms with Crippen molar-refractivity contribution in [1.82, 2.24) is 25.0 Å². The number of aryl methyl sites for hydroxylation is 1. The second kappa shape index (κ2) is 7.50. The van der Waals surface area contributed by atoms with E-state index in [4.69, 9.17) is 11.6 Å². The van der Waals surface area contributed by atoms with Crippen LogP contribution < -0.4 is 5.32 Å². The lowest BCUT2D eigenvalue weighted by molar-refractivity contribution is 0.0633. The maximum Gasteiger partial charge on any atom is 0.254 e. The summed E-state index contributed by atoms with van der Waals surface area (Å²) in [5, 5.41) is 8.19. The number of rotatable bonds is 3. The Morgan fingerprint density at radius 2 is 2.11 bits per heavy atom. The summed E-state index contributed by atoms with van der Waals surface area (Å²) in [7, 11) is 0. The van der Waals surface area contributed by atoms with E-state index in [1.165, 1.54) is 6.33 Å². The van der Waals surface area contributed by atoms with E-state index in [0.29, 0.717) is 23.7 Å². The molecule has 4 rings (SSSR count). The van der Waals surface area contributed by atoms with Gasteiger partial charge in [-0.3, -0.25) is 4.79 Å². The lowest BCUT2D eigenvalue weighted by Gasteiger charge is -2.37. The van der Waals surface area contributed by atoms with Crippen LogP contribution in [0.15, 0.2) is 55.1 Å². The minimum Gasteiger partial charge on any atom is -0.329 e. The zero-order valence-electron chi connectivity index (χ0n) is 15.0. The second-order valence-electron chi connectivity index (χ2n) is 6.58. The van der Waals surface area contributed by atoms with E-state index in [1.807, 2.05) is 54.3 Å². The van der Waals surface area contributed by atoms with Crippen molar-refractivity contribution in [2.24, 2.45) is 0 Å². The number of nitrogens with one attached hydrogen (secondary N) is 1. The molecule has 1 unspecified atom stereocenters. The van der Waals surface area contributed by atoms with Crippen LogP contribution in [0, 0.1) is 6.92 Å². The molecule has 0 radical (unpaired) electrons. The normalized spacial score (nSPS) is 17.1. The van der Waals surface area contributed by atoms with Crippen molar-refractivity contribution in [2.75, 3.05) is 19.6 Å². The second-order valence-corrected chi connectivity index (χ2v) is 6.99. The Bertz CT molecular complexity index is 957. The molecule has 3 aromatic rings. The monoisotopic (exact) mass is 381 g/mol. The van der Waals surface area contributed by atoms with Gasteiger partial charge in [0.1, 0.15) is 12.7 Å². The summed E-state index contributed by atoms with van der Waals surface area (Å²) in [6, 6.07) is 13.3. The zero-order chi connectivity index (χ0) is 18.8. The van der Waals surface area contributed by atoms with Crippen LogP contribution in [-0.4, -0.2) is 45.2 Å². The summed E-state index contributed by atoms with van der Waals surface area (Å²) in [6.07, 6.45) is 3.13. The maximum absolute atomic E-state index is 13.3. The van der Waals surface area contributed by atoms with E-state index in [1.54, 1.807) is 11.0 Å². The van der Waals surface area contributed by atoms with Crippen molar-refractivity contribution in [3.8, 4) is 5.69 Å². The van der Waals surface area contributed by atoms with Crippen LogP contribution >= 0.6 is 11.6 Å². The van der Waals surface area contributed by atoms with Gasteiger partial charge >= 0.3 is 0 Å². The summed E-state index contributed by atoms with van der Waals surface area (Å²) in [5.41, 5.74) is 3.45. The first kappa shape index (κ1) is 17.7. The smallest absolute Gasteiger partial charge is 0.254 e. The number of halogens is 1. The van der Waals surface area contributed by atoms with Crippen molar-refractivity contribution in [3.05, 3.63) is 76.8 Å². The van der Waals surface area contributed by atoms with Gasteiger partial charge in [0.15, 0.2) is 0 Å². The molecule has 1 fully saturated rings. The molecular formula is C20H20ClN5O. The minimum atomic E-state index is -0.0886. The third-order valence-electron chi connectivity index (χ3n) is 4.89. The van der Waals surface area contributed by atoms with E-state index in [2.05, 4.69) is 15.4 Å². The Morgan fingerprint density at radius 3 is 2.85 bits per heavy atom. The van der Waals surface area contributed by atoms with E-state index >= 15 is 0 Å². The van der Waals surface area contributed by atoms with Crippen LogP contribution in [0.2, 0.25) is 5.02 Å². The van der Waals surface area contributed by atoms with E-state index < -0.39 is 0 Å². The van der Waals surface area contributed by atoms with Crippen LogP contribution in [0.1, 0.15) is 27.5 Å². The third-order valence-corrected chi connectivity index (χ3v) is 5.24. The standard InChI is InChI=1S/C20H20ClN5O/c1-14-10-15(26-13-23-12-24-26)6-7-16(14)20(27)25-9-8-22-11-19(25)17-4-2-3-5-18(17)21/h2-7,10,12-13,19,22H,8-9,11H2,1H3. The first-order valence-electron chi connectivity index (χ1n) is 8.87. The van der Waals surface area contributed by atoms with Gasteiger partial charge in [-0.1, -0.05) is 29.8 Å². The average Bonchev–Trinajstić information content (AvgIpc) is 3.23. The molecule has 27 heavy (non-hydrogen) atoms. The summed E-state index contributed by atoms with van der Waals surface area (Å²) < 4.78 is 1.68. The van der Waals surface area contributed by atoms with E-state index in [-0.39, 0.29) is 11.9 Å². The number of benzene rings is 2. The first-order valence-corrected chi connectivity index (χ1v) is 9.24. The van der Waals surface area contributed by atoms with Crippen LogP contribution in [0.25, 0.3) is 5.69 Å². The third kappa shape index (κ3) is 3.46. The lowest BCUT2D eigenvalue weighted by Crippen LogP contribution is -2.48. The van der Waals surface area contributed by atoms with Crippen LogP contribution in [0.5, 0.6) is 0 Å². The van der Waals surface area contributed by atoms with Crippen LogP contribution in [0.3, 0.4) is 0 Å². The predicted octanol–water partition coefficient (Wildman–Crippen LogP) is 3.02. The minimum absolute atomic E-state index is 0.0176. The molecular weight excluding hydrogens is 362 g/mol. The van der Waals surface area contributed by atoms with E-state index in [9.17, 15) is 4.79 Å². The summed E-state index contributed by atoms with van der Waals surface area (Å²) in [6.45, 7) is 4.04. The lowest BCUT2D eigenvalue weighted by atomic mass is 10.00. The fourth-order valence-electron chi connectivity index (χ4n) is 3.50. The molecule has 1 saturated heterocycles. The number of piperazine rings is 1. The van der Waals surface area contributed by atoms with Gasteiger partial charge in [0, 0.05) is 30.2 Å². The quantitative estimate of drug-likeness (QED) is 0.757. The molecule has 1 aliphatic heterocycles. The Balaban J connectivity index is 1.65. The number of carbonyl (C=O) groups excluding carboxylic acids is 1. The van der Waals surface area contributed by atoms with Gasteiger partial charge in [0.05, 0.1) is 11.7 Å². The summed E-state index contributed by atoms with van der Waals surface area (Å²) in [5.74, 6) is 0.0176. The molecule has 1 aliphatic rings. The SMILES string of the molecule is Cc1cc(-n2cncn2)ccc1C(=O)N1CCNCC1c1ccccc1Cl. The highest BCUT2D eigenvalue weighted by atomic mass is 35.5. The first-order chi connectivity index (χ1) is 13.1. The predicted molar refractivity (Wildman–Crippen MR) is 104 cm³/mol. The van der Waals surface area contributed by atoms with Gasteiger partial charge in [-0.25, -0.2) is 9.67 Å². The Morgan fingerprint density at radius 1 is 1.26 bits per heavy atom. The number of amides is 1. The highest BCUT2D eigenvalue weighted by molar-refractivity contribution is 6.31. The molecule has 0 bridgehead atoms. The molecule has 1 amide bonds. The molecule has 2 heterocycles. The highest BCUT2D eigenvalue weighted by Gasteiger charge is 2.30. The number of aromatic nitrogens is 3. The van der Waals surface area contributed by atoms with Gasteiger partial charge < -0.3 is 10.2 Å². The number of nitrogens with zero attached hydrogens (tertiary/aromatic N) is 4. The van der Waals surface area contributed by atoms with Gasteiger partial charge in [-0.05, 0) is 42.3 Å². The zero-order valence-corrected chi connectivity index (χ0v) is 15.7. The van der Waals surface area contributed by atoms with Crippen LogP contribution in [0.4, 0.5) is 0 Å². The molecule has 0 saturated carbocycles. The fraction of sp³-hybridized carbons (Fsp3) is 0.250. The summed E-state index contributed by atoms with van der Waals surface area (Å²) in [4.78, 5) is 19.2. The molecule has 6 nitrogen and oxygen atoms in total. The van der Waals surface area contributed by atoms with Gasteiger partial charge in [0.25, 0.3) is 5.91 Å². The van der Waals surface area contributed by atoms with Gasteiger partial charge in [0.2, 0.25) is 0 Å². The number of hydrogen-bond acceptors (Lipinski definition) is 4. The van der Waals surface area contributed by atoms with Crippen molar-refractivity contribution in [2.45, 2.75) is 13.0 Å². The molecule has 2 aromatic carbocycles. The molecule has 0 spiro atoms. The topological polar surface area (TPSA) is 63.1 Å². The van der Waals surface area contributed by atoms with Crippen molar-refractivity contribution >= 4 is 17.5 Å². The number of hydrogen-bond donors (Lipinski definition) is 1. The molecule has 0 aliphatic carbocycles. The Labute approximate surface area is 162 Å². The maximum atomic E-state index is 13.3. The summed E-state index contributed by atoms with van der Waals surface area (Å²) >= 11 is 6.40. The van der Waals surface area contributed by atoms with Gasteiger partial charge in [-0.15, -0.1) is 0 Å². The fourth-order valence-corrected chi connectivity index (χ4v) is 3.76. The van der Waals surface area contributed by atoms with Crippen LogP contribution in [-0.2, 0) is 0 Å². The largest absolute Gasteiger partial charge is 0.329 e. The van der Waals surface area contributed by atoms with Crippen molar-refractivity contribution in [3.63, 3.8) is 0 Å². The van der Waals surface area contributed by atoms with Gasteiger partial charge in [-0.2, -0.15) is 5.10 Å². The Hall–Kier alpha value is -2.70.